The van der Waals surface area contributed by atoms with Crippen molar-refractivity contribution in [3.05, 3.63) is 96.2 Å². The molecule has 1 fully saturated rings. The number of benzene rings is 3. The Morgan fingerprint density at radius 3 is 2.50 bits per heavy atom. The zero-order valence-electron chi connectivity index (χ0n) is 18.8. The van der Waals surface area contributed by atoms with Crippen LogP contribution in [0.4, 0.5) is 4.79 Å². The smallest absolute Gasteiger partial charge is 0.345 e. The lowest BCUT2D eigenvalue weighted by atomic mass is 10.1. The summed E-state index contributed by atoms with van der Waals surface area (Å²) >= 11 is 13.8. The van der Waals surface area contributed by atoms with Crippen LogP contribution in [0.2, 0.25) is 5.02 Å². The minimum Gasteiger partial charge on any atom is -0.490 e. The van der Waals surface area contributed by atoms with E-state index in [0.717, 1.165) is 21.8 Å². The molecule has 0 aromatic heterocycles. The summed E-state index contributed by atoms with van der Waals surface area (Å²) in [6.45, 7) is 2.30. The third-order valence-electron chi connectivity index (χ3n) is 5.05. The molecule has 6 nitrogen and oxygen atoms in total. The normalized spacial score (nSPS) is 14.4. The van der Waals surface area contributed by atoms with E-state index < -0.39 is 5.97 Å². The molecule has 0 atom stereocenters. The summed E-state index contributed by atoms with van der Waals surface area (Å²) < 4.78 is 12.7. The fourth-order valence-corrected chi connectivity index (χ4v) is 5.22. The highest BCUT2D eigenvalue weighted by atomic mass is 79.9. The Hall–Kier alpha value is -2.59. The van der Waals surface area contributed by atoms with Crippen molar-refractivity contribution in [2.75, 3.05) is 6.61 Å². The van der Waals surface area contributed by atoms with Crippen molar-refractivity contribution in [3.63, 3.8) is 0 Å². The highest BCUT2D eigenvalue weighted by Gasteiger charge is 2.35. The minimum atomic E-state index is -0.635. The van der Waals surface area contributed by atoms with E-state index in [0.29, 0.717) is 22.4 Å². The van der Waals surface area contributed by atoms with E-state index in [9.17, 15) is 14.4 Å². The summed E-state index contributed by atoms with van der Waals surface area (Å²) in [4.78, 5) is 39.7. The maximum Gasteiger partial charge on any atom is 0.345 e. The summed E-state index contributed by atoms with van der Waals surface area (Å²) in [5.41, 5.74) is 1.65. The van der Waals surface area contributed by atoms with Crippen LogP contribution in [0, 0.1) is 0 Å². The predicted octanol–water partition coefficient (Wildman–Crippen LogP) is 7.72. The number of halogens is 3. The molecule has 1 saturated heterocycles. The van der Waals surface area contributed by atoms with Crippen molar-refractivity contribution >= 4 is 78.4 Å². The van der Waals surface area contributed by atoms with Crippen molar-refractivity contribution in [1.82, 2.24) is 4.90 Å². The van der Waals surface area contributed by atoms with Gasteiger partial charge < -0.3 is 9.47 Å². The fraction of sp³-hybridized carbons (Fsp3) is 0.115. The number of hydrogen-bond acceptors (Lipinski definition) is 6. The molecule has 36 heavy (non-hydrogen) atoms. The maximum atomic E-state index is 13.0. The maximum absolute atomic E-state index is 13.0. The van der Waals surface area contributed by atoms with Gasteiger partial charge in [-0.1, -0.05) is 51.8 Å². The number of imide groups is 1. The van der Waals surface area contributed by atoms with Crippen LogP contribution in [0.1, 0.15) is 28.4 Å². The average molecular weight is 652 g/mol. The Kier molecular flexibility index (Phi) is 8.56. The minimum absolute atomic E-state index is 0.181. The van der Waals surface area contributed by atoms with E-state index in [1.54, 1.807) is 49.4 Å². The third-order valence-corrected chi connectivity index (χ3v) is 7.40. The van der Waals surface area contributed by atoms with Gasteiger partial charge >= 0.3 is 5.97 Å². The Morgan fingerprint density at radius 2 is 1.81 bits per heavy atom. The van der Waals surface area contributed by atoms with E-state index in [1.165, 1.54) is 4.90 Å². The molecule has 10 heteroatoms. The van der Waals surface area contributed by atoms with Crippen molar-refractivity contribution in [3.8, 4) is 11.5 Å². The van der Waals surface area contributed by atoms with Crippen LogP contribution in [0.3, 0.4) is 0 Å². The zero-order valence-corrected chi connectivity index (χ0v) is 23.5. The molecule has 0 radical (unpaired) electrons. The second-order valence-electron chi connectivity index (χ2n) is 7.53. The Balaban J connectivity index is 1.59. The predicted molar refractivity (Wildman–Crippen MR) is 147 cm³/mol. The monoisotopic (exact) mass is 649 g/mol. The van der Waals surface area contributed by atoms with Crippen LogP contribution in [0.15, 0.2) is 74.5 Å². The van der Waals surface area contributed by atoms with Crippen molar-refractivity contribution in [2.24, 2.45) is 0 Å². The topological polar surface area (TPSA) is 72.9 Å². The van der Waals surface area contributed by atoms with E-state index >= 15 is 0 Å². The van der Waals surface area contributed by atoms with Crippen molar-refractivity contribution in [2.45, 2.75) is 13.5 Å². The first-order chi connectivity index (χ1) is 17.3. The molecule has 0 spiro atoms. The number of ether oxygens (including phenoxy) is 2. The molecule has 0 saturated carbocycles. The quantitative estimate of drug-likeness (QED) is 0.148. The molecule has 0 aliphatic carbocycles. The Morgan fingerprint density at radius 1 is 1.08 bits per heavy atom. The summed E-state index contributed by atoms with van der Waals surface area (Å²) in [7, 11) is 0. The second-order valence-corrected chi connectivity index (χ2v) is 10.7. The number of rotatable bonds is 7. The van der Waals surface area contributed by atoms with E-state index in [-0.39, 0.29) is 38.9 Å². The molecule has 184 valence electrons. The molecule has 2 amide bonds. The van der Waals surface area contributed by atoms with Crippen molar-refractivity contribution in [1.29, 1.82) is 0 Å². The lowest BCUT2D eigenvalue weighted by molar-refractivity contribution is -0.123. The van der Waals surface area contributed by atoms with Gasteiger partial charge in [0.1, 0.15) is 0 Å². The molecule has 0 N–H and O–H groups in total. The van der Waals surface area contributed by atoms with Gasteiger partial charge in [-0.2, -0.15) is 0 Å². The molecule has 3 aromatic carbocycles. The van der Waals surface area contributed by atoms with E-state index in [2.05, 4.69) is 31.9 Å². The molecule has 1 aliphatic heterocycles. The SMILES string of the molecule is CCOc1cc(/C=C2\SC(=O)N(Cc3ccc(Br)cc3)C2=O)cc(Br)c1OC(=O)c1ccccc1Cl. The number of carbonyl (C=O) groups is 3. The average Bonchev–Trinajstić information content (AvgIpc) is 3.10. The van der Waals surface area contributed by atoms with Gasteiger partial charge in [-0.15, -0.1) is 0 Å². The van der Waals surface area contributed by atoms with Gasteiger partial charge in [0.05, 0.1) is 33.1 Å². The number of amides is 2. The number of nitrogens with zero attached hydrogens (tertiary/aromatic N) is 1. The second kappa shape index (κ2) is 11.6. The van der Waals surface area contributed by atoms with Gasteiger partial charge in [0.2, 0.25) is 0 Å². The molecule has 1 aliphatic rings. The molecular formula is C26H18Br2ClNO5S. The van der Waals surface area contributed by atoms with Crippen molar-refractivity contribution < 1.29 is 23.9 Å². The molecule has 1 heterocycles. The highest BCUT2D eigenvalue weighted by molar-refractivity contribution is 9.10. The number of thioether (sulfide) groups is 1. The molecule has 0 unspecified atom stereocenters. The van der Waals surface area contributed by atoms with Gasteiger partial charge in [0, 0.05) is 4.47 Å². The molecule has 3 aromatic rings. The highest BCUT2D eigenvalue weighted by Crippen LogP contribution is 2.40. The summed E-state index contributed by atoms with van der Waals surface area (Å²) in [5, 5.41) is -0.0735. The van der Waals surface area contributed by atoms with Crippen LogP contribution >= 0.6 is 55.2 Å². The number of carbonyl (C=O) groups excluding carboxylic acids is 3. The lowest BCUT2D eigenvalue weighted by Crippen LogP contribution is -2.27. The van der Waals surface area contributed by atoms with Gasteiger partial charge in [-0.05, 0) is 88.2 Å². The summed E-state index contributed by atoms with van der Waals surface area (Å²) in [6.07, 6.45) is 1.61. The number of hydrogen-bond donors (Lipinski definition) is 0. The standard InChI is InChI=1S/C26H18Br2ClNO5S/c1-2-34-21-12-16(11-19(28)23(21)35-25(32)18-5-3-4-6-20(18)29)13-22-24(31)30(26(33)36-22)14-15-7-9-17(27)10-8-15/h3-13H,2,14H2,1H3/b22-13-. The van der Waals surface area contributed by atoms with Crippen LogP contribution in [0.5, 0.6) is 11.5 Å². The zero-order chi connectivity index (χ0) is 25.8. The van der Waals surface area contributed by atoms with Gasteiger partial charge in [-0.25, -0.2) is 4.79 Å². The van der Waals surface area contributed by atoms with Crippen LogP contribution < -0.4 is 9.47 Å². The van der Waals surface area contributed by atoms with E-state index in [4.69, 9.17) is 21.1 Å². The van der Waals surface area contributed by atoms with Crippen LogP contribution in [-0.4, -0.2) is 28.6 Å². The fourth-order valence-electron chi connectivity index (χ4n) is 3.37. The van der Waals surface area contributed by atoms with Gasteiger partial charge in [0.15, 0.2) is 11.5 Å². The first-order valence-electron chi connectivity index (χ1n) is 10.7. The molecule has 0 bridgehead atoms. The van der Waals surface area contributed by atoms with Gasteiger partial charge in [0.25, 0.3) is 11.1 Å². The largest absolute Gasteiger partial charge is 0.490 e. The Labute approximate surface area is 233 Å². The lowest BCUT2D eigenvalue weighted by Gasteiger charge is -2.14. The summed E-state index contributed by atoms with van der Waals surface area (Å²) in [6, 6.07) is 17.3. The van der Waals surface area contributed by atoms with Crippen LogP contribution in [0.25, 0.3) is 6.08 Å². The third kappa shape index (κ3) is 6.03. The first-order valence-corrected chi connectivity index (χ1v) is 13.5. The first kappa shape index (κ1) is 26.5. The Bertz CT molecular complexity index is 1380. The molecule has 4 rings (SSSR count). The van der Waals surface area contributed by atoms with E-state index in [1.807, 2.05) is 24.3 Å². The number of esters is 1. The van der Waals surface area contributed by atoms with Crippen LogP contribution in [-0.2, 0) is 11.3 Å². The molecular weight excluding hydrogens is 634 g/mol. The summed E-state index contributed by atoms with van der Waals surface area (Å²) in [5.74, 6) is -0.532. The van der Waals surface area contributed by atoms with Gasteiger partial charge in [-0.3, -0.25) is 14.5 Å².